The van der Waals surface area contributed by atoms with Crippen molar-refractivity contribution < 1.29 is 12.8 Å². The Morgan fingerprint density at radius 3 is 2.10 bits per heavy atom. The molecule has 3 aromatic carbocycles. The zero-order valence-corrected chi connectivity index (χ0v) is 17.1. The zero-order chi connectivity index (χ0) is 21.1. The number of para-hydroxylation sites is 2. The number of hydrogen-bond donors (Lipinski definition) is 0. The van der Waals surface area contributed by atoms with Crippen molar-refractivity contribution in [3.8, 4) is 6.07 Å². The van der Waals surface area contributed by atoms with E-state index in [1.807, 2.05) is 42.5 Å². The van der Waals surface area contributed by atoms with E-state index in [-0.39, 0.29) is 10.6 Å². The topological polar surface area (TPSA) is 83.7 Å². The smallest absolute Gasteiger partial charge is 0.200 e. The van der Waals surface area contributed by atoms with Crippen LogP contribution in [-0.4, -0.2) is 18.4 Å². The van der Waals surface area contributed by atoms with E-state index >= 15 is 0 Å². The Bertz CT molecular complexity index is 1350. The maximum Gasteiger partial charge on any atom is 0.200 e. The lowest BCUT2D eigenvalue weighted by molar-refractivity contribution is 0.588. The summed E-state index contributed by atoms with van der Waals surface area (Å²) in [5.74, 6) is -0.562. The van der Waals surface area contributed by atoms with Gasteiger partial charge in [0.1, 0.15) is 16.5 Å². The molecule has 0 N–H and O–H groups in total. The molecule has 0 saturated heterocycles. The lowest BCUT2D eigenvalue weighted by atomic mass is 10.2. The van der Waals surface area contributed by atoms with Gasteiger partial charge in [0.2, 0.25) is 9.84 Å². The SMILES string of the molecule is N#C[C@@H](c1nc2ccccc2nc1Sc1ccccc1)S(=O)(=O)c1ccc(F)cc1. The van der Waals surface area contributed by atoms with Gasteiger partial charge in [-0.25, -0.2) is 22.8 Å². The molecular weight excluding hydrogens is 421 g/mol. The van der Waals surface area contributed by atoms with Crippen LogP contribution < -0.4 is 0 Å². The van der Waals surface area contributed by atoms with Crippen LogP contribution in [0.5, 0.6) is 0 Å². The van der Waals surface area contributed by atoms with Gasteiger partial charge >= 0.3 is 0 Å². The van der Waals surface area contributed by atoms with Crippen LogP contribution in [0.25, 0.3) is 11.0 Å². The third-order valence-corrected chi connectivity index (χ3v) is 7.22. The first kappa shape index (κ1) is 20.0. The summed E-state index contributed by atoms with van der Waals surface area (Å²) in [6, 6.07) is 22.6. The molecule has 4 rings (SSSR count). The molecule has 0 bridgehead atoms. The Kier molecular flexibility index (Phi) is 5.48. The molecule has 0 amide bonds. The fourth-order valence-corrected chi connectivity index (χ4v) is 5.27. The molecule has 0 unspecified atom stereocenters. The average Bonchev–Trinajstić information content (AvgIpc) is 2.75. The maximum absolute atomic E-state index is 13.3. The third-order valence-electron chi connectivity index (χ3n) is 4.34. The second-order valence-electron chi connectivity index (χ2n) is 6.33. The number of benzene rings is 3. The Morgan fingerprint density at radius 1 is 0.867 bits per heavy atom. The van der Waals surface area contributed by atoms with Gasteiger partial charge in [-0.1, -0.05) is 42.1 Å². The molecule has 8 heteroatoms. The molecule has 0 spiro atoms. The molecule has 0 saturated carbocycles. The van der Waals surface area contributed by atoms with Crippen molar-refractivity contribution in [2.24, 2.45) is 0 Å². The van der Waals surface area contributed by atoms with Gasteiger partial charge in [-0.15, -0.1) is 0 Å². The molecular formula is C22H14FN3O2S2. The van der Waals surface area contributed by atoms with Gasteiger partial charge in [0.05, 0.1) is 22.0 Å². The summed E-state index contributed by atoms with van der Waals surface area (Å²) in [5, 5.41) is 8.55. The maximum atomic E-state index is 13.3. The van der Waals surface area contributed by atoms with Crippen molar-refractivity contribution in [3.63, 3.8) is 0 Å². The number of fused-ring (bicyclic) bond motifs is 1. The summed E-state index contributed by atoms with van der Waals surface area (Å²) >= 11 is 1.24. The van der Waals surface area contributed by atoms with Crippen molar-refractivity contribution in [2.75, 3.05) is 0 Å². The van der Waals surface area contributed by atoms with E-state index in [0.29, 0.717) is 16.1 Å². The number of aromatic nitrogens is 2. The molecule has 1 atom stereocenters. The predicted octanol–water partition coefficient (Wildman–Crippen LogP) is 4.96. The Morgan fingerprint density at radius 2 is 1.47 bits per heavy atom. The summed E-state index contributed by atoms with van der Waals surface area (Å²) in [7, 11) is -4.15. The molecule has 0 aliphatic carbocycles. The van der Waals surface area contributed by atoms with Crippen molar-refractivity contribution in [2.45, 2.75) is 20.1 Å². The molecule has 1 aromatic heterocycles. The van der Waals surface area contributed by atoms with Crippen molar-refractivity contribution in [1.82, 2.24) is 9.97 Å². The van der Waals surface area contributed by atoms with Crippen LogP contribution in [0.15, 0.2) is 93.7 Å². The number of nitrogens with zero attached hydrogens (tertiary/aromatic N) is 3. The third kappa shape index (κ3) is 3.90. The highest BCUT2D eigenvalue weighted by Crippen LogP contribution is 2.36. The summed E-state index contributed by atoms with van der Waals surface area (Å²) < 4.78 is 39.7. The Labute approximate surface area is 177 Å². The lowest BCUT2D eigenvalue weighted by Crippen LogP contribution is -2.15. The molecule has 4 aromatic rings. The highest BCUT2D eigenvalue weighted by Gasteiger charge is 2.33. The van der Waals surface area contributed by atoms with Crippen LogP contribution >= 0.6 is 11.8 Å². The number of sulfone groups is 1. The standard InChI is InChI=1S/C22H14FN3O2S2/c23-15-10-12-17(13-11-15)30(27,28)20(14-24)21-22(29-16-6-2-1-3-7-16)26-19-9-5-4-8-18(19)25-21/h1-13,20H/t20-/m0/s1. The molecule has 0 radical (unpaired) electrons. The number of halogens is 1. The van der Waals surface area contributed by atoms with E-state index in [9.17, 15) is 18.1 Å². The molecule has 0 aliphatic rings. The van der Waals surface area contributed by atoms with Crippen molar-refractivity contribution >= 4 is 32.6 Å². The van der Waals surface area contributed by atoms with Gasteiger partial charge in [-0.3, -0.25) is 0 Å². The van der Waals surface area contributed by atoms with Gasteiger partial charge in [0.25, 0.3) is 0 Å². The van der Waals surface area contributed by atoms with Crippen LogP contribution in [0.3, 0.4) is 0 Å². The minimum Gasteiger partial charge on any atom is -0.246 e. The number of nitriles is 1. The van der Waals surface area contributed by atoms with Crippen molar-refractivity contribution in [3.05, 3.63) is 90.4 Å². The van der Waals surface area contributed by atoms with E-state index in [1.165, 1.54) is 11.8 Å². The summed E-state index contributed by atoms with van der Waals surface area (Å²) in [6.45, 7) is 0. The fourth-order valence-electron chi connectivity index (χ4n) is 2.88. The Balaban J connectivity index is 1.89. The summed E-state index contributed by atoms with van der Waals surface area (Å²) in [6.07, 6.45) is 0. The first-order valence-corrected chi connectivity index (χ1v) is 11.2. The largest absolute Gasteiger partial charge is 0.246 e. The van der Waals surface area contributed by atoms with Gasteiger partial charge < -0.3 is 0 Å². The molecule has 1 heterocycles. The monoisotopic (exact) mass is 435 g/mol. The summed E-state index contributed by atoms with van der Waals surface area (Å²) in [4.78, 5) is 9.76. The van der Waals surface area contributed by atoms with E-state index in [1.54, 1.807) is 18.2 Å². The fraction of sp³-hybridized carbons (Fsp3) is 0.0455. The van der Waals surface area contributed by atoms with E-state index in [2.05, 4.69) is 9.97 Å². The molecule has 30 heavy (non-hydrogen) atoms. The summed E-state index contributed by atoms with van der Waals surface area (Å²) in [5.41, 5.74) is 1.13. The molecule has 148 valence electrons. The normalized spacial score (nSPS) is 12.4. The quantitative estimate of drug-likeness (QED) is 0.412. The molecule has 0 aliphatic heterocycles. The van der Waals surface area contributed by atoms with Gasteiger partial charge in [0.15, 0.2) is 5.25 Å². The van der Waals surface area contributed by atoms with Gasteiger partial charge in [0, 0.05) is 4.90 Å². The first-order valence-electron chi connectivity index (χ1n) is 8.88. The van der Waals surface area contributed by atoms with Gasteiger partial charge in [-0.2, -0.15) is 5.26 Å². The highest BCUT2D eigenvalue weighted by molar-refractivity contribution is 7.99. The van der Waals surface area contributed by atoms with Gasteiger partial charge in [-0.05, 0) is 48.5 Å². The van der Waals surface area contributed by atoms with Crippen LogP contribution in [0.4, 0.5) is 4.39 Å². The molecule has 0 fully saturated rings. The lowest BCUT2D eigenvalue weighted by Gasteiger charge is -2.15. The van der Waals surface area contributed by atoms with Crippen LogP contribution in [0, 0.1) is 17.1 Å². The van der Waals surface area contributed by atoms with Crippen LogP contribution in [0.2, 0.25) is 0 Å². The van der Waals surface area contributed by atoms with Crippen LogP contribution in [-0.2, 0) is 9.84 Å². The number of rotatable bonds is 5. The van der Waals surface area contributed by atoms with E-state index in [4.69, 9.17) is 0 Å². The highest BCUT2D eigenvalue weighted by atomic mass is 32.2. The predicted molar refractivity (Wildman–Crippen MR) is 112 cm³/mol. The van der Waals surface area contributed by atoms with Crippen molar-refractivity contribution in [1.29, 1.82) is 5.26 Å². The molecule has 5 nitrogen and oxygen atoms in total. The van der Waals surface area contributed by atoms with Crippen LogP contribution in [0.1, 0.15) is 10.9 Å². The average molecular weight is 436 g/mol. The Hall–Kier alpha value is -3.28. The first-order chi connectivity index (χ1) is 14.5. The van der Waals surface area contributed by atoms with E-state index in [0.717, 1.165) is 29.2 Å². The zero-order valence-electron chi connectivity index (χ0n) is 15.4. The minimum atomic E-state index is -4.15. The van der Waals surface area contributed by atoms with E-state index < -0.39 is 20.9 Å². The second-order valence-corrected chi connectivity index (χ2v) is 9.42. The second kappa shape index (κ2) is 8.22. The minimum absolute atomic E-state index is 0.0504. The number of hydrogen-bond acceptors (Lipinski definition) is 6.